The van der Waals surface area contributed by atoms with Gasteiger partial charge in [0, 0.05) is 38.4 Å². The number of ether oxygens (including phenoxy) is 4. The van der Waals surface area contributed by atoms with Crippen molar-refractivity contribution < 1.29 is 18.9 Å². The largest absolute Gasteiger partial charge is 0.381 e. The zero-order chi connectivity index (χ0) is 33.6. The topological polar surface area (TPSA) is 115 Å². The number of fused-ring (bicyclic) bond motifs is 1. The van der Waals surface area contributed by atoms with E-state index in [0.717, 1.165) is 90.8 Å². The number of rotatable bonds is 23. The van der Waals surface area contributed by atoms with Crippen LogP contribution in [0, 0.1) is 46.3 Å². The maximum atomic E-state index is 7.02. The van der Waals surface area contributed by atoms with Crippen molar-refractivity contribution in [2.45, 2.75) is 150 Å². The third kappa shape index (κ3) is 10.6. The maximum absolute atomic E-state index is 7.02. The molecule has 3 rings (SSSR count). The zero-order valence-electron chi connectivity index (χ0n) is 31.1. The van der Waals surface area contributed by atoms with Crippen molar-refractivity contribution in [1.82, 2.24) is 0 Å². The predicted octanol–water partition coefficient (Wildman–Crippen LogP) is 7.33. The molecule has 0 aromatic heterocycles. The van der Waals surface area contributed by atoms with Crippen molar-refractivity contribution in [2.75, 3.05) is 52.7 Å². The van der Waals surface area contributed by atoms with Gasteiger partial charge in [-0.25, -0.2) is 0 Å². The molecule has 0 aromatic rings. The first-order valence-electron chi connectivity index (χ1n) is 19.7. The minimum Gasteiger partial charge on any atom is -0.381 e. The molecule has 2 unspecified atom stereocenters. The van der Waals surface area contributed by atoms with Crippen LogP contribution in [0.15, 0.2) is 0 Å². The summed E-state index contributed by atoms with van der Waals surface area (Å²) in [6, 6.07) is 0. The fourth-order valence-corrected chi connectivity index (χ4v) is 10.1. The van der Waals surface area contributed by atoms with Gasteiger partial charge in [0.1, 0.15) is 0 Å². The van der Waals surface area contributed by atoms with Crippen molar-refractivity contribution in [3.05, 3.63) is 0 Å². The summed E-state index contributed by atoms with van der Waals surface area (Å²) in [4.78, 5) is 0. The molecule has 7 heteroatoms. The molecule has 0 saturated heterocycles. The molecular weight excluding hydrogens is 574 g/mol. The molecule has 3 saturated carbocycles. The summed E-state index contributed by atoms with van der Waals surface area (Å²) in [5.74, 6) is 3.72. The van der Waals surface area contributed by atoms with Crippen molar-refractivity contribution in [3.63, 3.8) is 0 Å². The molecule has 0 radical (unpaired) electrons. The maximum Gasteiger partial charge on any atom is 0.0637 e. The Balaban J connectivity index is 1.86. The number of hydrogen-bond donors (Lipinski definition) is 3. The minimum atomic E-state index is 0.136. The molecule has 0 aromatic carbocycles. The first-order valence-corrected chi connectivity index (χ1v) is 19.7. The van der Waals surface area contributed by atoms with Gasteiger partial charge in [0.25, 0.3) is 0 Å². The van der Waals surface area contributed by atoms with Crippen LogP contribution in [0.3, 0.4) is 0 Å². The van der Waals surface area contributed by atoms with E-state index >= 15 is 0 Å². The lowest BCUT2D eigenvalue weighted by atomic mass is 9.48. The Morgan fingerprint density at radius 3 is 2.00 bits per heavy atom. The second kappa shape index (κ2) is 20.4. The number of hydrogen-bond acceptors (Lipinski definition) is 7. The lowest BCUT2D eigenvalue weighted by molar-refractivity contribution is -0.192. The van der Waals surface area contributed by atoms with Crippen LogP contribution >= 0.6 is 0 Å². The first kappa shape index (κ1) is 40.2. The number of nitrogens with two attached hydrogens (primary N) is 3. The summed E-state index contributed by atoms with van der Waals surface area (Å²) >= 11 is 0. The van der Waals surface area contributed by atoms with E-state index in [1.807, 2.05) is 0 Å². The summed E-state index contributed by atoms with van der Waals surface area (Å²) in [7, 11) is 0. The molecule has 0 heterocycles. The van der Waals surface area contributed by atoms with Gasteiger partial charge in [-0.2, -0.15) is 0 Å². The second-order valence-electron chi connectivity index (χ2n) is 16.3. The van der Waals surface area contributed by atoms with Crippen LogP contribution in [-0.2, 0) is 18.9 Å². The van der Waals surface area contributed by atoms with E-state index in [1.54, 1.807) is 0 Å². The highest BCUT2D eigenvalue weighted by Gasteiger charge is 2.63. The fourth-order valence-electron chi connectivity index (χ4n) is 10.1. The van der Waals surface area contributed by atoms with Crippen molar-refractivity contribution in [2.24, 2.45) is 63.5 Å². The molecule has 0 aliphatic heterocycles. The van der Waals surface area contributed by atoms with Gasteiger partial charge >= 0.3 is 0 Å². The Morgan fingerprint density at radius 1 is 0.717 bits per heavy atom. The lowest BCUT2D eigenvalue weighted by Gasteiger charge is -2.60. The van der Waals surface area contributed by atoms with Gasteiger partial charge in [0.2, 0.25) is 0 Å². The average molecular weight is 652 g/mol. The highest BCUT2D eigenvalue weighted by atomic mass is 16.5. The van der Waals surface area contributed by atoms with Crippen LogP contribution in [0.1, 0.15) is 131 Å². The van der Waals surface area contributed by atoms with E-state index < -0.39 is 0 Å². The van der Waals surface area contributed by atoms with Crippen LogP contribution in [0.4, 0.5) is 0 Å². The minimum absolute atomic E-state index is 0.136. The quantitative estimate of drug-likeness (QED) is 0.0992. The molecule has 272 valence electrons. The Labute approximate surface area is 284 Å². The van der Waals surface area contributed by atoms with Gasteiger partial charge in [0.15, 0.2) is 0 Å². The van der Waals surface area contributed by atoms with Crippen LogP contribution < -0.4 is 17.2 Å². The molecule has 0 amide bonds. The van der Waals surface area contributed by atoms with E-state index in [9.17, 15) is 0 Å². The van der Waals surface area contributed by atoms with Gasteiger partial charge in [-0.05, 0) is 150 Å². The fraction of sp³-hybridized carbons (Fsp3) is 1.00. The van der Waals surface area contributed by atoms with E-state index in [0.29, 0.717) is 61.2 Å². The molecule has 6 N–H and O–H groups in total. The van der Waals surface area contributed by atoms with Crippen molar-refractivity contribution in [1.29, 1.82) is 0 Å². The van der Waals surface area contributed by atoms with E-state index in [4.69, 9.17) is 36.1 Å². The van der Waals surface area contributed by atoms with Gasteiger partial charge in [-0.1, -0.05) is 41.5 Å². The van der Waals surface area contributed by atoms with Gasteiger partial charge in [-0.15, -0.1) is 0 Å². The molecule has 8 atom stereocenters. The van der Waals surface area contributed by atoms with E-state index in [2.05, 4.69) is 41.5 Å². The zero-order valence-corrected chi connectivity index (χ0v) is 31.1. The second-order valence-corrected chi connectivity index (χ2v) is 16.3. The smallest absolute Gasteiger partial charge is 0.0637 e. The van der Waals surface area contributed by atoms with Crippen LogP contribution in [-0.4, -0.2) is 71.0 Å². The van der Waals surface area contributed by atoms with E-state index in [1.165, 1.54) is 32.1 Å². The van der Waals surface area contributed by atoms with E-state index in [-0.39, 0.29) is 23.0 Å². The van der Waals surface area contributed by atoms with Gasteiger partial charge in [0.05, 0.1) is 18.3 Å². The van der Waals surface area contributed by atoms with Crippen LogP contribution in [0.2, 0.25) is 0 Å². The molecule has 46 heavy (non-hydrogen) atoms. The Bertz CT molecular complexity index is 806. The predicted molar refractivity (Wildman–Crippen MR) is 192 cm³/mol. The highest BCUT2D eigenvalue weighted by molar-refractivity contribution is 5.12. The monoisotopic (exact) mass is 652 g/mol. The third-order valence-corrected chi connectivity index (χ3v) is 12.8. The van der Waals surface area contributed by atoms with Gasteiger partial charge in [-0.3, -0.25) is 0 Å². The summed E-state index contributed by atoms with van der Waals surface area (Å²) in [6.45, 7) is 20.8. The first-order chi connectivity index (χ1) is 22.2. The average Bonchev–Trinajstić information content (AvgIpc) is 3.40. The molecule has 0 spiro atoms. The van der Waals surface area contributed by atoms with Crippen molar-refractivity contribution >= 4 is 0 Å². The standard InChI is InChI=1S/C39H77N3O4/c1-7-35(45-25-10-21-41)37-33-14-13-32(30(4)12-8-23-43-27-17-29(2)3)39(33,6)36(46-26-11-22-42)28-34(37)38(5)18-15-31(16-19-38)44-24-9-20-40/h29-37H,7-28,40-42H2,1-6H3/t30-,31?,32-,33+,34+,35-,36+,37?,38?,39?/m1/s1. The summed E-state index contributed by atoms with van der Waals surface area (Å²) in [5, 5.41) is 0. The van der Waals surface area contributed by atoms with Crippen LogP contribution in [0.25, 0.3) is 0 Å². The Kier molecular flexibility index (Phi) is 17.8. The molecule has 3 aliphatic carbocycles. The van der Waals surface area contributed by atoms with Crippen LogP contribution in [0.5, 0.6) is 0 Å². The molecule has 3 fully saturated rings. The Hall–Kier alpha value is -0.280. The third-order valence-electron chi connectivity index (χ3n) is 12.8. The summed E-state index contributed by atoms with van der Waals surface area (Å²) < 4.78 is 26.2. The van der Waals surface area contributed by atoms with Gasteiger partial charge < -0.3 is 36.1 Å². The lowest BCUT2D eigenvalue weighted by Crippen LogP contribution is -2.59. The highest BCUT2D eigenvalue weighted by Crippen LogP contribution is 2.66. The Morgan fingerprint density at radius 2 is 1.37 bits per heavy atom. The molecule has 7 nitrogen and oxygen atoms in total. The van der Waals surface area contributed by atoms with Crippen molar-refractivity contribution in [3.8, 4) is 0 Å². The molecular formula is C39H77N3O4. The molecule has 3 aliphatic rings. The SMILES string of the molecule is CC[C@@H](OCCCN)C1[C@@H](C2(C)CCC(OCCCN)CC2)C[C@H](OCCCN)C2(C)[C@@H]([C@H](C)CCCOCCC(C)C)CC[C@@H]12. The summed E-state index contributed by atoms with van der Waals surface area (Å²) in [6.07, 6.45) is 16.7. The normalized spacial score (nSPS) is 34.6. The molecule has 0 bridgehead atoms. The summed E-state index contributed by atoms with van der Waals surface area (Å²) in [5.41, 5.74) is 18.1.